The van der Waals surface area contributed by atoms with Gasteiger partial charge in [0.05, 0.1) is 5.69 Å². The van der Waals surface area contributed by atoms with Gasteiger partial charge in [0.25, 0.3) is 0 Å². The van der Waals surface area contributed by atoms with Gasteiger partial charge in [-0.1, -0.05) is 67.1 Å². The third-order valence-electron chi connectivity index (χ3n) is 6.42. The van der Waals surface area contributed by atoms with Crippen LogP contribution in [0.2, 0.25) is 0 Å². The Balaban J connectivity index is 1.57. The summed E-state index contributed by atoms with van der Waals surface area (Å²) < 4.78 is 0. The molecule has 0 bridgehead atoms. The van der Waals surface area contributed by atoms with E-state index in [-0.39, 0.29) is 5.41 Å². The summed E-state index contributed by atoms with van der Waals surface area (Å²) in [6.45, 7) is 4.48. The first kappa shape index (κ1) is 18.1. The van der Waals surface area contributed by atoms with Gasteiger partial charge < -0.3 is 10.6 Å². The molecule has 4 heteroatoms. The van der Waals surface area contributed by atoms with Crippen molar-refractivity contribution in [1.82, 2.24) is 15.1 Å². The minimum atomic E-state index is 0.0798. The van der Waals surface area contributed by atoms with Gasteiger partial charge in [-0.3, -0.25) is 0 Å². The van der Waals surface area contributed by atoms with Crippen LogP contribution in [0.15, 0.2) is 72.3 Å². The van der Waals surface area contributed by atoms with Crippen LogP contribution in [0.3, 0.4) is 0 Å². The number of anilines is 1. The summed E-state index contributed by atoms with van der Waals surface area (Å²) in [5, 5.41) is 11.0. The maximum absolute atomic E-state index is 5.72. The molecule has 2 unspecified atom stereocenters. The van der Waals surface area contributed by atoms with E-state index >= 15 is 0 Å². The SMILES string of the molecule is CN1CC(c2ccc3ccccc3c2)C2=CC=C(c3ccc(N)nn3)CC2(C)C1. The molecule has 4 nitrogen and oxygen atoms in total. The second-order valence-electron chi connectivity index (χ2n) is 8.75. The predicted molar refractivity (Wildman–Crippen MR) is 119 cm³/mol. The van der Waals surface area contributed by atoms with E-state index in [9.17, 15) is 0 Å². The van der Waals surface area contributed by atoms with Crippen LogP contribution in [0.4, 0.5) is 5.82 Å². The summed E-state index contributed by atoms with van der Waals surface area (Å²) in [5.41, 5.74) is 10.9. The van der Waals surface area contributed by atoms with E-state index in [1.165, 1.54) is 27.5 Å². The standard InChI is InChI=1S/C25H26N4/c1-25-14-20(23-11-12-24(26)28-27-23)9-10-22(25)21(15-29(2)16-25)19-8-7-17-5-3-4-6-18(17)13-19/h3-13,21H,14-16H2,1-2H3,(H2,26,28). The van der Waals surface area contributed by atoms with Crippen molar-refractivity contribution < 1.29 is 0 Å². The second-order valence-corrected chi connectivity index (χ2v) is 8.75. The molecule has 0 spiro atoms. The number of fused-ring (bicyclic) bond motifs is 2. The summed E-state index contributed by atoms with van der Waals surface area (Å²) in [5.74, 6) is 0.861. The van der Waals surface area contributed by atoms with Crippen molar-refractivity contribution in [2.24, 2.45) is 5.41 Å². The number of likely N-dealkylation sites (N-methyl/N-ethyl adjacent to an activating group) is 1. The Morgan fingerprint density at radius 1 is 1.00 bits per heavy atom. The summed E-state index contributed by atoms with van der Waals surface area (Å²) in [6, 6.07) is 19.3. The molecule has 29 heavy (non-hydrogen) atoms. The van der Waals surface area contributed by atoms with Gasteiger partial charge in [0.2, 0.25) is 0 Å². The fraction of sp³-hybridized carbons (Fsp3) is 0.280. The lowest BCUT2D eigenvalue weighted by atomic mass is 9.64. The maximum Gasteiger partial charge on any atom is 0.146 e. The van der Waals surface area contributed by atoms with Crippen LogP contribution in [0.1, 0.15) is 30.5 Å². The quantitative estimate of drug-likeness (QED) is 0.700. The monoisotopic (exact) mass is 382 g/mol. The van der Waals surface area contributed by atoms with Crippen molar-refractivity contribution in [3.8, 4) is 0 Å². The summed E-state index contributed by atoms with van der Waals surface area (Å²) >= 11 is 0. The van der Waals surface area contributed by atoms with E-state index in [0.29, 0.717) is 11.7 Å². The molecular formula is C25H26N4. The van der Waals surface area contributed by atoms with Gasteiger partial charge in [0.15, 0.2) is 0 Å². The van der Waals surface area contributed by atoms with Crippen molar-refractivity contribution in [3.63, 3.8) is 0 Å². The van der Waals surface area contributed by atoms with E-state index < -0.39 is 0 Å². The average Bonchev–Trinajstić information content (AvgIpc) is 2.72. The Labute approximate surface area is 171 Å². The largest absolute Gasteiger partial charge is 0.382 e. The zero-order chi connectivity index (χ0) is 20.0. The Bertz CT molecular complexity index is 1130. The molecular weight excluding hydrogens is 356 g/mol. The fourth-order valence-electron chi connectivity index (χ4n) is 5.13. The average molecular weight is 383 g/mol. The molecule has 2 N–H and O–H groups in total. The maximum atomic E-state index is 5.72. The zero-order valence-corrected chi connectivity index (χ0v) is 17.0. The molecule has 2 atom stereocenters. The zero-order valence-electron chi connectivity index (χ0n) is 17.0. The normalized spacial score (nSPS) is 24.7. The number of benzene rings is 2. The van der Waals surface area contributed by atoms with Gasteiger partial charge in [0.1, 0.15) is 5.82 Å². The summed E-state index contributed by atoms with van der Waals surface area (Å²) in [7, 11) is 2.23. The Morgan fingerprint density at radius 3 is 2.62 bits per heavy atom. The predicted octanol–water partition coefficient (Wildman–Crippen LogP) is 4.66. The molecule has 5 rings (SSSR count). The van der Waals surface area contributed by atoms with Crippen LogP contribution in [0, 0.1) is 5.41 Å². The van der Waals surface area contributed by atoms with E-state index in [1.807, 2.05) is 12.1 Å². The highest BCUT2D eigenvalue weighted by Gasteiger charge is 2.42. The third kappa shape index (κ3) is 3.23. The lowest BCUT2D eigenvalue weighted by Gasteiger charge is -2.47. The molecule has 1 saturated heterocycles. The summed E-state index contributed by atoms with van der Waals surface area (Å²) in [6.07, 6.45) is 5.53. The van der Waals surface area contributed by atoms with Gasteiger partial charge in [-0.05, 0) is 47.5 Å². The Kier molecular flexibility index (Phi) is 4.25. The minimum absolute atomic E-state index is 0.0798. The number of aromatic nitrogens is 2. The van der Waals surface area contributed by atoms with Gasteiger partial charge in [-0.2, -0.15) is 0 Å². The molecule has 1 aromatic heterocycles. The van der Waals surface area contributed by atoms with Crippen molar-refractivity contribution >= 4 is 22.2 Å². The van der Waals surface area contributed by atoms with Gasteiger partial charge in [-0.15, -0.1) is 10.2 Å². The Hall–Kier alpha value is -2.98. The lowest BCUT2D eigenvalue weighted by molar-refractivity contribution is 0.171. The Morgan fingerprint density at radius 2 is 1.83 bits per heavy atom. The van der Waals surface area contributed by atoms with Crippen molar-refractivity contribution in [2.45, 2.75) is 19.3 Å². The number of piperidine rings is 1. The van der Waals surface area contributed by atoms with Gasteiger partial charge >= 0.3 is 0 Å². The number of hydrogen-bond donors (Lipinski definition) is 1. The van der Waals surface area contributed by atoms with Crippen molar-refractivity contribution in [3.05, 3.63) is 83.6 Å². The molecule has 2 heterocycles. The van der Waals surface area contributed by atoms with E-state index in [0.717, 1.165) is 25.2 Å². The number of likely N-dealkylation sites (tertiary alicyclic amines) is 1. The van der Waals surface area contributed by atoms with Crippen molar-refractivity contribution in [1.29, 1.82) is 0 Å². The fourth-order valence-corrected chi connectivity index (χ4v) is 5.13. The van der Waals surface area contributed by atoms with Gasteiger partial charge in [-0.25, -0.2) is 0 Å². The lowest BCUT2D eigenvalue weighted by Crippen LogP contribution is -2.45. The second kappa shape index (κ2) is 6.82. The van der Waals surface area contributed by atoms with Crippen molar-refractivity contribution in [2.75, 3.05) is 25.9 Å². The molecule has 1 fully saturated rings. The highest BCUT2D eigenvalue weighted by Crippen LogP contribution is 2.50. The smallest absolute Gasteiger partial charge is 0.146 e. The number of nitrogens with two attached hydrogens (primary N) is 1. The molecule has 0 saturated carbocycles. The molecule has 1 aliphatic heterocycles. The molecule has 146 valence electrons. The molecule has 1 aliphatic carbocycles. The van der Waals surface area contributed by atoms with E-state index in [4.69, 9.17) is 5.73 Å². The van der Waals surface area contributed by atoms with Crippen LogP contribution in [-0.2, 0) is 0 Å². The molecule has 0 amide bonds. The molecule has 0 radical (unpaired) electrons. The highest BCUT2D eigenvalue weighted by molar-refractivity contribution is 5.83. The third-order valence-corrected chi connectivity index (χ3v) is 6.42. The first-order chi connectivity index (χ1) is 14.0. The molecule has 2 aromatic carbocycles. The number of rotatable bonds is 2. The highest BCUT2D eigenvalue weighted by atomic mass is 15.1. The molecule has 3 aromatic rings. The van der Waals surface area contributed by atoms with Crippen LogP contribution in [0.5, 0.6) is 0 Å². The van der Waals surface area contributed by atoms with E-state index in [1.54, 1.807) is 0 Å². The number of nitrogen functional groups attached to an aromatic ring is 1. The minimum Gasteiger partial charge on any atom is -0.382 e. The topological polar surface area (TPSA) is 55.0 Å². The number of hydrogen-bond acceptors (Lipinski definition) is 4. The van der Waals surface area contributed by atoms with E-state index in [2.05, 4.69) is 83.7 Å². The number of allylic oxidation sites excluding steroid dienone is 3. The molecule has 2 aliphatic rings. The van der Waals surface area contributed by atoms with Crippen LogP contribution < -0.4 is 5.73 Å². The van der Waals surface area contributed by atoms with Gasteiger partial charge in [0, 0.05) is 24.4 Å². The van der Waals surface area contributed by atoms with Crippen LogP contribution in [-0.4, -0.2) is 35.2 Å². The first-order valence-corrected chi connectivity index (χ1v) is 10.2. The number of nitrogens with zero attached hydrogens (tertiary/aromatic N) is 3. The first-order valence-electron chi connectivity index (χ1n) is 10.2. The van der Waals surface area contributed by atoms with Crippen LogP contribution >= 0.6 is 0 Å². The summed E-state index contributed by atoms with van der Waals surface area (Å²) in [4.78, 5) is 2.47. The van der Waals surface area contributed by atoms with Crippen LogP contribution in [0.25, 0.3) is 16.3 Å².